The Bertz CT molecular complexity index is 875. The van der Waals surface area contributed by atoms with Gasteiger partial charge in [-0.25, -0.2) is 0 Å². The highest BCUT2D eigenvalue weighted by atomic mass is 16.1. The van der Waals surface area contributed by atoms with Gasteiger partial charge >= 0.3 is 0 Å². The van der Waals surface area contributed by atoms with Crippen LogP contribution in [0.25, 0.3) is 0 Å². The molecule has 0 spiro atoms. The second kappa shape index (κ2) is 7.57. The molecule has 3 aromatic rings. The lowest BCUT2D eigenvalue weighted by molar-refractivity contribution is -0.115. The number of nitrogens with one attached hydrogen (secondary N) is 2. The highest BCUT2D eigenvalue weighted by Crippen LogP contribution is 2.16. The first-order valence-electron chi connectivity index (χ1n) is 8.12. The molecule has 0 atom stereocenters. The molecule has 5 heteroatoms. The lowest BCUT2D eigenvalue weighted by Crippen LogP contribution is -2.16. The average molecular weight is 332 g/mol. The van der Waals surface area contributed by atoms with Gasteiger partial charge in [0.05, 0.1) is 6.42 Å². The summed E-state index contributed by atoms with van der Waals surface area (Å²) in [6.45, 7) is 4.03. The molecule has 0 fully saturated rings. The van der Waals surface area contributed by atoms with Crippen molar-refractivity contribution in [3.63, 3.8) is 0 Å². The Balaban J connectivity index is 1.60. The fourth-order valence-electron chi connectivity index (χ4n) is 2.50. The van der Waals surface area contributed by atoms with Crippen LogP contribution in [0.3, 0.4) is 0 Å². The van der Waals surface area contributed by atoms with Crippen LogP contribution in [0.2, 0.25) is 0 Å². The minimum Gasteiger partial charge on any atom is -0.339 e. The molecule has 0 saturated carbocycles. The SMILES string of the molecule is Cc1cccc(Nc2ccc(NC(=O)Cc3ccccc3C)nn2)c1. The second-order valence-electron chi connectivity index (χ2n) is 5.95. The van der Waals surface area contributed by atoms with Crippen LogP contribution in [0.5, 0.6) is 0 Å². The van der Waals surface area contributed by atoms with Gasteiger partial charge in [-0.15, -0.1) is 10.2 Å². The van der Waals surface area contributed by atoms with Gasteiger partial charge in [0.2, 0.25) is 5.91 Å². The smallest absolute Gasteiger partial charge is 0.230 e. The minimum absolute atomic E-state index is 0.108. The standard InChI is InChI=1S/C20H20N4O/c1-14-6-5-9-17(12-14)21-18-10-11-19(24-23-18)22-20(25)13-16-8-4-3-7-15(16)2/h3-12H,13H2,1-2H3,(H,21,23)(H,22,24,25). The highest BCUT2D eigenvalue weighted by Gasteiger charge is 2.07. The van der Waals surface area contributed by atoms with Gasteiger partial charge in [-0.05, 0) is 54.8 Å². The van der Waals surface area contributed by atoms with Crippen molar-refractivity contribution in [3.05, 3.63) is 77.4 Å². The van der Waals surface area contributed by atoms with Crippen molar-refractivity contribution >= 4 is 23.2 Å². The van der Waals surface area contributed by atoms with E-state index in [4.69, 9.17) is 0 Å². The fraction of sp³-hybridized carbons (Fsp3) is 0.150. The number of anilines is 3. The quantitative estimate of drug-likeness (QED) is 0.740. The number of nitrogens with zero attached hydrogens (tertiary/aromatic N) is 2. The van der Waals surface area contributed by atoms with E-state index in [0.717, 1.165) is 22.4 Å². The van der Waals surface area contributed by atoms with Gasteiger partial charge in [-0.3, -0.25) is 4.79 Å². The molecule has 3 rings (SSSR count). The monoisotopic (exact) mass is 332 g/mol. The first kappa shape index (κ1) is 16.6. The number of rotatable bonds is 5. The van der Waals surface area contributed by atoms with E-state index in [1.54, 1.807) is 12.1 Å². The highest BCUT2D eigenvalue weighted by molar-refractivity contribution is 5.91. The number of hydrogen-bond donors (Lipinski definition) is 2. The van der Waals surface area contributed by atoms with Gasteiger partial charge in [0, 0.05) is 5.69 Å². The normalized spacial score (nSPS) is 10.3. The molecule has 2 aromatic carbocycles. The number of benzene rings is 2. The van der Waals surface area contributed by atoms with Crippen LogP contribution in [0, 0.1) is 13.8 Å². The molecular weight excluding hydrogens is 312 g/mol. The van der Waals surface area contributed by atoms with Crippen molar-refractivity contribution in [1.82, 2.24) is 10.2 Å². The molecule has 0 aliphatic rings. The summed E-state index contributed by atoms with van der Waals surface area (Å²) in [5.74, 6) is 0.957. The van der Waals surface area contributed by atoms with Crippen molar-refractivity contribution in [2.45, 2.75) is 20.3 Å². The first-order chi connectivity index (χ1) is 12.1. The first-order valence-corrected chi connectivity index (χ1v) is 8.12. The molecule has 2 N–H and O–H groups in total. The van der Waals surface area contributed by atoms with Gasteiger partial charge in [0.1, 0.15) is 0 Å². The van der Waals surface area contributed by atoms with Crippen molar-refractivity contribution in [3.8, 4) is 0 Å². The fourth-order valence-corrected chi connectivity index (χ4v) is 2.50. The van der Waals surface area contributed by atoms with Gasteiger partial charge in [-0.2, -0.15) is 0 Å². The third-order valence-corrected chi connectivity index (χ3v) is 3.83. The summed E-state index contributed by atoms with van der Waals surface area (Å²) < 4.78 is 0. The maximum atomic E-state index is 12.2. The largest absolute Gasteiger partial charge is 0.339 e. The van der Waals surface area contributed by atoms with E-state index in [0.29, 0.717) is 18.1 Å². The number of hydrogen-bond acceptors (Lipinski definition) is 4. The molecule has 5 nitrogen and oxygen atoms in total. The third kappa shape index (κ3) is 4.64. The van der Waals surface area contributed by atoms with E-state index in [2.05, 4.69) is 20.8 Å². The Morgan fingerprint density at radius 3 is 2.40 bits per heavy atom. The van der Waals surface area contributed by atoms with Crippen molar-refractivity contribution in [2.75, 3.05) is 10.6 Å². The van der Waals surface area contributed by atoms with Crippen LogP contribution >= 0.6 is 0 Å². The predicted molar refractivity (Wildman–Crippen MR) is 100 cm³/mol. The molecule has 0 unspecified atom stereocenters. The van der Waals surface area contributed by atoms with E-state index in [-0.39, 0.29) is 5.91 Å². The zero-order valence-corrected chi connectivity index (χ0v) is 14.3. The summed E-state index contributed by atoms with van der Waals surface area (Å²) in [5.41, 5.74) is 4.22. The minimum atomic E-state index is -0.108. The zero-order valence-electron chi connectivity index (χ0n) is 14.3. The van der Waals surface area contributed by atoms with Gasteiger partial charge < -0.3 is 10.6 Å². The van der Waals surface area contributed by atoms with Crippen molar-refractivity contribution in [1.29, 1.82) is 0 Å². The van der Waals surface area contributed by atoms with E-state index >= 15 is 0 Å². The molecule has 1 amide bonds. The van der Waals surface area contributed by atoms with Crippen molar-refractivity contribution < 1.29 is 4.79 Å². The lowest BCUT2D eigenvalue weighted by atomic mass is 10.1. The summed E-state index contributed by atoms with van der Waals surface area (Å²) in [4.78, 5) is 12.2. The summed E-state index contributed by atoms with van der Waals surface area (Å²) in [6.07, 6.45) is 0.317. The number of aryl methyl sites for hydroxylation is 2. The molecule has 0 aliphatic carbocycles. The van der Waals surface area contributed by atoms with Crippen LogP contribution < -0.4 is 10.6 Å². The molecule has 25 heavy (non-hydrogen) atoms. The number of aromatic nitrogens is 2. The Morgan fingerprint density at radius 2 is 1.68 bits per heavy atom. The summed E-state index contributed by atoms with van der Waals surface area (Å²) in [5, 5.41) is 14.1. The van der Waals surface area contributed by atoms with Crippen LogP contribution in [-0.4, -0.2) is 16.1 Å². The number of carbonyl (C=O) groups excluding carboxylic acids is 1. The summed E-state index contributed by atoms with van der Waals surface area (Å²) >= 11 is 0. The van der Waals surface area contributed by atoms with Crippen LogP contribution in [0.1, 0.15) is 16.7 Å². The summed E-state index contributed by atoms with van der Waals surface area (Å²) in [6, 6.07) is 19.4. The maximum absolute atomic E-state index is 12.2. The number of amides is 1. The predicted octanol–water partition coefficient (Wildman–Crippen LogP) is 4.02. The summed E-state index contributed by atoms with van der Waals surface area (Å²) in [7, 11) is 0. The Kier molecular flexibility index (Phi) is 5.04. The second-order valence-corrected chi connectivity index (χ2v) is 5.95. The Hall–Kier alpha value is -3.21. The number of carbonyl (C=O) groups is 1. The average Bonchev–Trinajstić information content (AvgIpc) is 2.59. The Labute approximate surface area is 147 Å². The van der Waals surface area contributed by atoms with Crippen LogP contribution in [0.4, 0.5) is 17.3 Å². The Morgan fingerprint density at radius 1 is 0.920 bits per heavy atom. The molecule has 126 valence electrons. The molecule has 0 radical (unpaired) electrons. The molecule has 0 bridgehead atoms. The lowest BCUT2D eigenvalue weighted by Gasteiger charge is -2.08. The van der Waals surface area contributed by atoms with Gasteiger partial charge in [0.15, 0.2) is 11.6 Å². The van der Waals surface area contributed by atoms with Crippen molar-refractivity contribution in [2.24, 2.45) is 0 Å². The molecule has 1 aromatic heterocycles. The topological polar surface area (TPSA) is 66.9 Å². The van der Waals surface area contributed by atoms with E-state index in [9.17, 15) is 4.79 Å². The van der Waals surface area contributed by atoms with Crippen LogP contribution in [-0.2, 0) is 11.2 Å². The van der Waals surface area contributed by atoms with E-state index in [1.807, 2.05) is 62.4 Å². The van der Waals surface area contributed by atoms with E-state index in [1.165, 1.54) is 0 Å². The molecule has 0 saturated heterocycles. The van der Waals surface area contributed by atoms with Gasteiger partial charge in [-0.1, -0.05) is 36.4 Å². The van der Waals surface area contributed by atoms with Gasteiger partial charge in [0.25, 0.3) is 0 Å². The van der Waals surface area contributed by atoms with E-state index < -0.39 is 0 Å². The molecular formula is C20H20N4O. The molecule has 0 aliphatic heterocycles. The van der Waals surface area contributed by atoms with Crippen LogP contribution in [0.15, 0.2) is 60.7 Å². The third-order valence-electron chi connectivity index (χ3n) is 3.83. The molecule has 1 heterocycles. The zero-order chi connectivity index (χ0) is 17.6. The maximum Gasteiger partial charge on any atom is 0.230 e.